The number of hydrogen-bond donors (Lipinski definition) is 2. The van der Waals surface area contributed by atoms with E-state index < -0.39 is 0 Å². The molecule has 4 nitrogen and oxygen atoms in total. The zero-order valence-corrected chi connectivity index (χ0v) is 3.70. The predicted octanol–water partition coefficient (Wildman–Crippen LogP) is -0.820. The highest BCUT2D eigenvalue weighted by molar-refractivity contribution is 5.55. The molecule has 0 unspecified atom stereocenters. The van der Waals surface area contributed by atoms with Crippen LogP contribution in [0.3, 0.4) is 0 Å². The second kappa shape index (κ2) is 1.61. The van der Waals surface area contributed by atoms with Crippen molar-refractivity contribution in [2.24, 2.45) is 10.8 Å². The largest absolute Gasteiger partial charge is 0.289 e. The molecule has 0 amide bonds. The minimum absolute atomic E-state index is 1.26. The Morgan fingerprint density at radius 2 is 2.57 bits per heavy atom. The molecule has 1 aliphatic heterocycles. The molecule has 38 valence electrons. The zero-order valence-electron chi connectivity index (χ0n) is 3.70. The maximum absolute atomic E-state index is 5.16. The molecule has 0 aromatic heterocycles. The standard InChI is InChI=1S/C3H6N4/c4-7-3-5-1-2-6-7/h1-3,6H,4H2. The normalized spacial score (nSPS) is 17.0. The first-order valence-electron chi connectivity index (χ1n) is 1.88. The molecule has 0 radical (unpaired) electrons. The van der Waals surface area contributed by atoms with Gasteiger partial charge in [0.05, 0.1) is 0 Å². The summed E-state index contributed by atoms with van der Waals surface area (Å²) in [5.41, 5.74) is 2.66. The first-order chi connectivity index (χ1) is 3.39. The van der Waals surface area contributed by atoms with Gasteiger partial charge in [-0.25, -0.2) is 16.0 Å². The van der Waals surface area contributed by atoms with Crippen molar-refractivity contribution < 1.29 is 0 Å². The Hall–Kier alpha value is -1.03. The van der Waals surface area contributed by atoms with Crippen molar-refractivity contribution in [3.63, 3.8) is 0 Å². The van der Waals surface area contributed by atoms with E-state index in [9.17, 15) is 0 Å². The van der Waals surface area contributed by atoms with E-state index >= 15 is 0 Å². The summed E-state index contributed by atoms with van der Waals surface area (Å²) in [6, 6.07) is 0. The topological polar surface area (TPSA) is 53.6 Å². The van der Waals surface area contributed by atoms with Gasteiger partial charge in [0.2, 0.25) is 0 Å². The summed E-state index contributed by atoms with van der Waals surface area (Å²) >= 11 is 0. The summed E-state index contributed by atoms with van der Waals surface area (Å²) in [6.07, 6.45) is 4.73. The second-order valence-corrected chi connectivity index (χ2v) is 1.12. The number of hydrogen-bond acceptors (Lipinski definition) is 4. The van der Waals surface area contributed by atoms with Crippen molar-refractivity contribution in [2.75, 3.05) is 0 Å². The van der Waals surface area contributed by atoms with Crippen LogP contribution in [0.4, 0.5) is 0 Å². The average Bonchev–Trinajstić information content (AvgIpc) is 1.69. The number of nitrogens with one attached hydrogen (secondary N) is 1. The molecule has 7 heavy (non-hydrogen) atoms. The molecule has 0 spiro atoms. The Balaban J connectivity index is 2.49. The van der Waals surface area contributed by atoms with Gasteiger partial charge in [0.25, 0.3) is 0 Å². The van der Waals surface area contributed by atoms with Crippen LogP contribution in [0.25, 0.3) is 0 Å². The van der Waals surface area contributed by atoms with Crippen LogP contribution in [0.5, 0.6) is 0 Å². The maximum atomic E-state index is 5.16. The fourth-order valence-electron chi connectivity index (χ4n) is 0.306. The number of aliphatic imine (C=N–C) groups is 1. The van der Waals surface area contributed by atoms with Crippen LogP contribution in [-0.2, 0) is 0 Å². The van der Waals surface area contributed by atoms with Gasteiger partial charge in [-0.05, 0) is 0 Å². The number of rotatable bonds is 0. The van der Waals surface area contributed by atoms with Crippen molar-refractivity contribution in [1.29, 1.82) is 0 Å². The Morgan fingerprint density at radius 3 is 2.86 bits per heavy atom. The van der Waals surface area contributed by atoms with Crippen LogP contribution in [0.2, 0.25) is 0 Å². The molecular formula is C3H6N4. The fraction of sp³-hybridized carbons (Fsp3) is 0. The van der Waals surface area contributed by atoms with Crippen molar-refractivity contribution in [2.45, 2.75) is 0 Å². The molecule has 0 bridgehead atoms. The molecule has 1 rings (SSSR count). The highest BCUT2D eigenvalue weighted by atomic mass is 15.7. The van der Waals surface area contributed by atoms with Crippen molar-refractivity contribution >= 4 is 6.34 Å². The Bertz CT molecular complexity index is 106. The summed E-state index contributed by atoms with van der Waals surface area (Å²) < 4.78 is 0. The van der Waals surface area contributed by atoms with Crippen molar-refractivity contribution in [3.8, 4) is 0 Å². The first-order valence-corrected chi connectivity index (χ1v) is 1.88. The quantitative estimate of drug-likeness (QED) is 0.389. The lowest BCUT2D eigenvalue weighted by Gasteiger charge is -2.12. The summed E-state index contributed by atoms with van der Waals surface area (Å²) in [7, 11) is 0. The van der Waals surface area contributed by atoms with Gasteiger partial charge in [0.15, 0.2) is 0 Å². The van der Waals surface area contributed by atoms with Gasteiger partial charge < -0.3 is 0 Å². The summed E-state index contributed by atoms with van der Waals surface area (Å²) in [6.45, 7) is 0. The lowest BCUT2D eigenvalue weighted by molar-refractivity contribution is 0.380. The molecule has 0 saturated carbocycles. The second-order valence-electron chi connectivity index (χ2n) is 1.12. The van der Waals surface area contributed by atoms with Gasteiger partial charge >= 0.3 is 0 Å². The van der Waals surface area contributed by atoms with Gasteiger partial charge in [-0.2, -0.15) is 0 Å². The molecule has 0 aliphatic carbocycles. The van der Waals surface area contributed by atoms with Gasteiger partial charge in [0, 0.05) is 12.4 Å². The van der Waals surface area contributed by atoms with Crippen molar-refractivity contribution in [3.05, 3.63) is 12.4 Å². The third-order valence-electron chi connectivity index (χ3n) is 0.575. The molecule has 0 aromatic rings. The first kappa shape index (κ1) is 4.14. The third kappa shape index (κ3) is 0.902. The summed E-state index contributed by atoms with van der Waals surface area (Å²) in [5, 5.41) is 1.26. The lowest BCUT2D eigenvalue weighted by atomic mass is 10.9. The van der Waals surface area contributed by atoms with Crippen LogP contribution in [0.1, 0.15) is 0 Å². The molecule has 4 heteroatoms. The number of nitrogens with zero attached hydrogens (tertiary/aromatic N) is 2. The van der Waals surface area contributed by atoms with E-state index in [1.807, 2.05) is 0 Å². The van der Waals surface area contributed by atoms with Gasteiger partial charge in [0.1, 0.15) is 6.34 Å². The van der Waals surface area contributed by atoms with Crippen LogP contribution < -0.4 is 11.3 Å². The van der Waals surface area contributed by atoms with Crippen LogP contribution in [0.15, 0.2) is 17.4 Å². The molecule has 0 atom stereocenters. The molecule has 1 aliphatic rings. The molecule has 0 fully saturated rings. The Kier molecular flexibility index (Phi) is 0.953. The Morgan fingerprint density at radius 1 is 1.71 bits per heavy atom. The minimum Gasteiger partial charge on any atom is -0.289 e. The van der Waals surface area contributed by atoms with E-state index in [-0.39, 0.29) is 0 Å². The third-order valence-corrected chi connectivity index (χ3v) is 0.575. The van der Waals surface area contributed by atoms with Gasteiger partial charge in [-0.3, -0.25) is 5.43 Å². The monoisotopic (exact) mass is 98.1 g/mol. The van der Waals surface area contributed by atoms with Gasteiger partial charge in [-0.1, -0.05) is 0 Å². The molecule has 1 heterocycles. The van der Waals surface area contributed by atoms with Crippen molar-refractivity contribution in [1.82, 2.24) is 10.5 Å². The fourth-order valence-corrected chi connectivity index (χ4v) is 0.306. The van der Waals surface area contributed by atoms with E-state index in [4.69, 9.17) is 5.84 Å². The van der Waals surface area contributed by atoms with E-state index in [0.717, 1.165) is 0 Å². The summed E-state index contributed by atoms with van der Waals surface area (Å²) in [5.74, 6) is 5.16. The Labute approximate surface area is 41.3 Å². The van der Waals surface area contributed by atoms with Crippen LogP contribution in [-0.4, -0.2) is 11.5 Å². The number of hydrazine groups is 2. The number of nitrogens with two attached hydrogens (primary N) is 1. The maximum Gasteiger partial charge on any atom is 0.127 e. The molecular weight excluding hydrogens is 92.1 g/mol. The van der Waals surface area contributed by atoms with E-state index in [1.54, 1.807) is 12.4 Å². The molecule has 0 aromatic carbocycles. The van der Waals surface area contributed by atoms with Gasteiger partial charge in [-0.15, -0.1) is 0 Å². The zero-order chi connectivity index (χ0) is 5.11. The van der Waals surface area contributed by atoms with E-state index in [2.05, 4.69) is 10.4 Å². The summed E-state index contributed by atoms with van der Waals surface area (Å²) in [4.78, 5) is 3.69. The molecule has 0 saturated heterocycles. The average molecular weight is 98.1 g/mol. The smallest absolute Gasteiger partial charge is 0.127 e. The van der Waals surface area contributed by atoms with Crippen LogP contribution in [0, 0.1) is 0 Å². The SMILES string of the molecule is NN1C=NC=CN1. The lowest BCUT2D eigenvalue weighted by Crippen LogP contribution is -2.40. The highest BCUT2D eigenvalue weighted by Crippen LogP contribution is 1.76. The minimum atomic E-state index is 1.26. The predicted molar refractivity (Wildman–Crippen MR) is 26.8 cm³/mol. The van der Waals surface area contributed by atoms with E-state index in [1.165, 1.54) is 11.5 Å². The highest BCUT2D eigenvalue weighted by Gasteiger charge is 1.85. The van der Waals surface area contributed by atoms with E-state index in [0.29, 0.717) is 0 Å². The molecule has 3 N–H and O–H groups in total. The van der Waals surface area contributed by atoms with Crippen LogP contribution >= 0.6 is 0 Å².